The number of benzene rings is 1. The van der Waals surface area contributed by atoms with E-state index in [0.717, 1.165) is 5.56 Å². The standard InChI is InChI=1S/C13H17NO5S/c1-10-2-4-12(5-3-10)20(17,18)19-9-11-6-7-14(8-11)13(15)16/h2-5,11H,6-9H2,1H3,(H,15,16). The molecule has 7 heteroatoms. The molecule has 110 valence electrons. The molecule has 20 heavy (non-hydrogen) atoms. The minimum Gasteiger partial charge on any atom is -0.465 e. The average Bonchev–Trinajstić information content (AvgIpc) is 2.86. The van der Waals surface area contributed by atoms with Crippen molar-refractivity contribution in [2.24, 2.45) is 5.92 Å². The predicted octanol–water partition coefficient (Wildman–Crippen LogP) is 1.70. The highest BCUT2D eigenvalue weighted by Crippen LogP contribution is 2.20. The van der Waals surface area contributed by atoms with Gasteiger partial charge in [-0.2, -0.15) is 8.42 Å². The lowest BCUT2D eigenvalue weighted by Crippen LogP contribution is -2.27. The molecule has 1 fully saturated rings. The number of carbonyl (C=O) groups is 1. The molecule has 0 bridgehead atoms. The van der Waals surface area contributed by atoms with E-state index in [-0.39, 0.29) is 17.4 Å². The first-order valence-corrected chi connectivity index (χ1v) is 7.73. The first-order valence-electron chi connectivity index (χ1n) is 6.32. The maximum atomic E-state index is 12.0. The van der Waals surface area contributed by atoms with E-state index in [1.54, 1.807) is 12.1 Å². The van der Waals surface area contributed by atoms with Crippen LogP contribution in [0.15, 0.2) is 29.2 Å². The summed E-state index contributed by atoms with van der Waals surface area (Å²) >= 11 is 0. The van der Waals surface area contributed by atoms with E-state index in [4.69, 9.17) is 9.29 Å². The predicted molar refractivity (Wildman–Crippen MR) is 72.0 cm³/mol. The van der Waals surface area contributed by atoms with Gasteiger partial charge in [-0.05, 0) is 25.5 Å². The summed E-state index contributed by atoms with van der Waals surface area (Å²) in [5.41, 5.74) is 0.969. The highest BCUT2D eigenvalue weighted by Gasteiger charge is 2.27. The maximum Gasteiger partial charge on any atom is 0.407 e. The molecule has 1 unspecified atom stereocenters. The fraction of sp³-hybridized carbons (Fsp3) is 0.462. The van der Waals surface area contributed by atoms with Crippen molar-refractivity contribution in [3.05, 3.63) is 29.8 Å². The van der Waals surface area contributed by atoms with Crippen molar-refractivity contribution in [3.8, 4) is 0 Å². The number of hydrogen-bond acceptors (Lipinski definition) is 4. The summed E-state index contributed by atoms with van der Waals surface area (Å²) < 4.78 is 28.9. The van der Waals surface area contributed by atoms with Crippen LogP contribution in [0.5, 0.6) is 0 Å². The number of carboxylic acid groups (broad SMARTS) is 1. The second-order valence-corrected chi connectivity index (χ2v) is 6.55. The molecule has 0 aromatic heterocycles. The number of aryl methyl sites for hydroxylation is 1. The third kappa shape index (κ3) is 3.49. The van der Waals surface area contributed by atoms with Crippen molar-refractivity contribution < 1.29 is 22.5 Å². The first kappa shape index (κ1) is 14.8. The molecule has 1 amide bonds. The molecule has 1 aromatic carbocycles. The van der Waals surface area contributed by atoms with Gasteiger partial charge in [-0.1, -0.05) is 17.7 Å². The molecule has 0 saturated carbocycles. The first-order chi connectivity index (χ1) is 9.38. The van der Waals surface area contributed by atoms with Gasteiger partial charge in [0.2, 0.25) is 0 Å². The highest BCUT2D eigenvalue weighted by atomic mass is 32.2. The Kier molecular flexibility index (Phi) is 4.29. The van der Waals surface area contributed by atoms with E-state index in [1.165, 1.54) is 17.0 Å². The van der Waals surface area contributed by atoms with Crippen LogP contribution >= 0.6 is 0 Å². The van der Waals surface area contributed by atoms with E-state index in [0.29, 0.717) is 19.5 Å². The molecule has 1 N–H and O–H groups in total. The number of nitrogens with zero attached hydrogens (tertiary/aromatic N) is 1. The zero-order valence-corrected chi connectivity index (χ0v) is 12.0. The second-order valence-electron chi connectivity index (χ2n) is 4.93. The van der Waals surface area contributed by atoms with Crippen molar-refractivity contribution in [2.45, 2.75) is 18.2 Å². The molecule has 0 radical (unpaired) electrons. The van der Waals surface area contributed by atoms with Crippen LogP contribution in [-0.2, 0) is 14.3 Å². The van der Waals surface area contributed by atoms with Crippen molar-refractivity contribution in [1.82, 2.24) is 4.90 Å². The summed E-state index contributed by atoms with van der Waals surface area (Å²) in [6.07, 6.45) is -0.357. The third-order valence-corrected chi connectivity index (χ3v) is 4.62. The fourth-order valence-corrected chi connectivity index (χ4v) is 3.08. The number of rotatable bonds is 4. The van der Waals surface area contributed by atoms with Crippen LogP contribution in [0, 0.1) is 12.8 Å². The third-order valence-electron chi connectivity index (χ3n) is 3.32. The Balaban J connectivity index is 1.93. The highest BCUT2D eigenvalue weighted by molar-refractivity contribution is 7.86. The Morgan fingerprint density at radius 3 is 2.60 bits per heavy atom. The van der Waals surface area contributed by atoms with Crippen LogP contribution in [0.25, 0.3) is 0 Å². The van der Waals surface area contributed by atoms with Crippen molar-refractivity contribution >= 4 is 16.2 Å². The average molecular weight is 299 g/mol. The Morgan fingerprint density at radius 2 is 2.05 bits per heavy atom. The number of amides is 1. The lowest BCUT2D eigenvalue weighted by Gasteiger charge is -2.12. The molecule has 1 aliphatic rings. The molecule has 0 spiro atoms. The molecule has 1 saturated heterocycles. The van der Waals surface area contributed by atoms with Crippen molar-refractivity contribution in [2.75, 3.05) is 19.7 Å². The molecule has 1 atom stereocenters. The zero-order chi connectivity index (χ0) is 14.8. The SMILES string of the molecule is Cc1ccc(S(=O)(=O)OCC2CCN(C(=O)O)C2)cc1. The van der Waals surface area contributed by atoms with Gasteiger partial charge in [-0.3, -0.25) is 4.18 Å². The summed E-state index contributed by atoms with van der Waals surface area (Å²) in [5, 5.41) is 8.83. The van der Waals surface area contributed by atoms with Crippen LogP contribution in [0.2, 0.25) is 0 Å². The van der Waals surface area contributed by atoms with Crippen molar-refractivity contribution in [1.29, 1.82) is 0 Å². The van der Waals surface area contributed by atoms with Gasteiger partial charge < -0.3 is 10.0 Å². The topological polar surface area (TPSA) is 83.9 Å². The van der Waals surface area contributed by atoms with Gasteiger partial charge in [0, 0.05) is 19.0 Å². The van der Waals surface area contributed by atoms with E-state index < -0.39 is 16.2 Å². The minimum atomic E-state index is -3.77. The minimum absolute atomic E-state index is 0.0139. The molecule has 6 nitrogen and oxygen atoms in total. The van der Waals surface area contributed by atoms with Crippen molar-refractivity contribution in [3.63, 3.8) is 0 Å². The lowest BCUT2D eigenvalue weighted by molar-refractivity contribution is 0.152. The maximum absolute atomic E-state index is 12.0. The largest absolute Gasteiger partial charge is 0.465 e. The van der Waals surface area contributed by atoms with Crippen LogP contribution in [-0.4, -0.2) is 44.2 Å². The molecule has 1 aliphatic heterocycles. The molecular weight excluding hydrogens is 282 g/mol. The van der Waals surface area contributed by atoms with Gasteiger partial charge in [-0.25, -0.2) is 4.79 Å². The van der Waals surface area contributed by atoms with Crippen LogP contribution in [0.3, 0.4) is 0 Å². The smallest absolute Gasteiger partial charge is 0.407 e. The Morgan fingerprint density at radius 1 is 1.40 bits per heavy atom. The summed E-state index contributed by atoms with van der Waals surface area (Å²) in [6.45, 7) is 2.63. The van der Waals surface area contributed by atoms with Crippen LogP contribution < -0.4 is 0 Å². The Hall–Kier alpha value is -1.60. The summed E-state index contributed by atoms with van der Waals surface area (Å²) in [4.78, 5) is 12.2. The monoisotopic (exact) mass is 299 g/mol. The van der Waals surface area contributed by atoms with Gasteiger partial charge in [-0.15, -0.1) is 0 Å². The van der Waals surface area contributed by atoms with Gasteiger partial charge in [0.1, 0.15) is 0 Å². The number of likely N-dealkylation sites (tertiary alicyclic amines) is 1. The molecule has 2 rings (SSSR count). The van der Waals surface area contributed by atoms with E-state index in [1.807, 2.05) is 6.92 Å². The number of hydrogen-bond donors (Lipinski definition) is 1. The van der Waals surface area contributed by atoms with Gasteiger partial charge in [0.05, 0.1) is 11.5 Å². The van der Waals surface area contributed by atoms with E-state index in [2.05, 4.69) is 0 Å². The second kappa shape index (κ2) is 5.80. The van der Waals surface area contributed by atoms with Gasteiger partial charge >= 0.3 is 6.09 Å². The van der Waals surface area contributed by atoms with Gasteiger partial charge in [0.15, 0.2) is 0 Å². The summed E-state index contributed by atoms with van der Waals surface area (Å²) in [5.74, 6) is -0.0775. The normalized spacial score (nSPS) is 19.2. The summed E-state index contributed by atoms with van der Waals surface area (Å²) in [7, 11) is -3.77. The van der Waals surface area contributed by atoms with Crippen LogP contribution in [0.4, 0.5) is 4.79 Å². The van der Waals surface area contributed by atoms with E-state index >= 15 is 0 Å². The van der Waals surface area contributed by atoms with Gasteiger partial charge in [0.25, 0.3) is 10.1 Å². The fourth-order valence-electron chi connectivity index (χ4n) is 2.10. The Bertz CT molecular complexity index is 581. The van der Waals surface area contributed by atoms with Crippen LogP contribution in [0.1, 0.15) is 12.0 Å². The summed E-state index contributed by atoms with van der Waals surface area (Å²) in [6, 6.07) is 6.42. The van der Waals surface area contributed by atoms with E-state index in [9.17, 15) is 13.2 Å². The molecule has 0 aliphatic carbocycles. The molecule has 1 heterocycles. The zero-order valence-electron chi connectivity index (χ0n) is 11.2. The molecular formula is C13H17NO5S. The lowest BCUT2D eigenvalue weighted by atomic mass is 10.1. The molecule has 1 aromatic rings. The Labute approximate surface area is 118 Å². The quantitative estimate of drug-likeness (QED) is 0.855.